The van der Waals surface area contributed by atoms with Gasteiger partial charge in [0.25, 0.3) is 0 Å². The molecule has 5 rings (SSSR count). The van der Waals surface area contributed by atoms with E-state index in [9.17, 15) is 0 Å². The lowest BCUT2D eigenvalue weighted by molar-refractivity contribution is 0.120. The van der Waals surface area contributed by atoms with Crippen molar-refractivity contribution in [2.24, 2.45) is 0 Å². The van der Waals surface area contributed by atoms with E-state index in [0.717, 1.165) is 36.3 Å². The van der Waals surface area contributed by atoms with Gasteiger partial charge in [0.15, 0.2) is 5.65 Å². The lowest BCUT2D eigenvalue weighted by Crippen LogP contribution is -2.19. The van der Waals surface area contributed by atoms with Gasteiger partial charge >= 0.3 is 0 Å². The maximum atomic E-state index is 6.57. The number of nitrogens with one attached hydrogen (secondary N) is 1. The second kappa shape index (κ2) is 8.17. The number of ether oxygens (including phenoxy) is 1. The predicted octanol–water partition coefficient (Wildman–Crippen LogP) is 4.62. The molecule has 1 saturated heterocycles. The molecule has 0 aliphatic carbocycles. The van der Waals surface area contributed by atoms with Gasteiger partial charge in [0.2, 0.25) is 5.95 Å². The summed E-state index contributed by atoms with van der Waals surface area (Å²) < 4.78 is 7.42. The van der Waals surface area contributed by atoms with Gasteiger partial charge in [-0.2, -0.15) is 4.98 Å². The fourth-order valence-corrected chi connectivity index (χ4v) is 4.09. The molecule has 1 fully saturated rings. The second-order valence-electron chi connectivity index (χ2n) is 7.76. The molecule has 1 atom stereocenters. The van der Waals surface area contributed by atoms with Crippen LogP contribution in [0.2, 0.25) is 5.02 Å². The number of halogens is 1. The van der Waals surface area contributed by atoms with Crippen LogP contribution >= 0.6 is 11.6 Å². The summed E-state index contributed by atoms with van der Waals surface area (Å²) in [5.41, 5.74) is 10.6. The molecule has 2 aromatic carbocycles. The minimum absolute atomic E-state index is 0.170. The van der Waals surface area contributed by atoms with Crippen molar-refractivity contribution in [2.45, 2.75) is 25.9 Å². The first-order valence-electron chi connectivity index (χ1n) is 10.3. The van der Waals surface area contributed by atoms with E-state index < -0.39 is 0 Å². The van der Waals surface area contributed by atoms with Crippen LogP contribution in [0, 0.1) is 6.92 Å². The summed E-state index contributed by atoms with van der Waals surface area (Å²) in [6.45, 7) is 3.49. The Morgan fingerprint density at radius 3 is 2.84 bits per heavy atom. The van der Waals surface area contributed by atoms with Crippen molar-refractivity contribution in [1.29, 1.82) is 0 Å². The van der Waals surface area contributed by atoms with Gasteiger partial charge in [-0.15, -0.1) is 5.10 Å². The van der Waals surface area contributed by atoms with Crippen molar-refractivity contribution < 1.29 is 4.74 Å². The molecule has 0 saturated carbocycles. The van der Waals surface area contributed by atoms with Gasteiger partial charge in [-0.05, 0) is 49.6 Å². The maximum Gasteiger partial charge on any atom is 0.225 e. The van der Waals surface area contributed by atoms with E-state index in [1.165, 1.54) is 0 Å². The number of benzene rings is 2. The van der Waals surface area contributed by atoms with Crippen molar-refractivity contribution in [3.8, 4) is 16.9 Å². The molecule has 7 nitrogen and oxygen atoms in total. The highest BCUT2D eigenvalue weighted by Crippen LogP contribution is 2.33. The number of aromatic nitrogens is 4. The molecule has 0 spiro atoms. The van der Waals surface area contributed by atoms with Crippen LogP contribution in [-0.2, 0) is 4.74 Å². The Balaban J connectivity index is 1.64. The Bertz CT molecular complexity index is 1250. The van der Waals surface area contributed by atoms with Crippen molar-refractivity contribution in [1.82, 2.24) is 19.7 Å². The summed E-state index contributed by atoms with van der Waals surface area (Å²) in [6.07, 6.45) is 2.28. The number of hydrogen-bond donors (Lipinski definition) is 2. The molecule has 1 aliphatic rings. The van der Waals surface area contributed by atoms with Crippen LogP contribution in [0.3, 0.4) is 0 Å². The smallest absolute Gasteiger partial charge is 0.225 e. The molecule has 8 heteroatoms. The molecule has 0 radical (unpaired) electrons. The normalized spacial score (nSPS) is 16.1. The average Bonchev–Trinajstić information content (AvgIpc) is 3.40. The fourth-order valence-electron chi connectivity index (χ4n) is 3.90. The molecule has 31 heavy (non-hydrogen) atoms. The Hall–Kier alpha value is -3.16. The Kier molecular flexibility index (Phi) is 5.21. The number of nitrogens with two attached hydrogens (primary N) is 1. The topological polar surface area (TPSA) is 90.9 Å². The van der Waals surface area contributed by atoms with Crippen LogP contribution < -0.4 is 11.1 Å². The monoisotopic (exact) mass is 434 g/mol. The first-order valence-corrected chi connectivity index (χ1v) is 10.7. The minimum atomic E-state index is 0.170. The third-order valence-corrected chi connectivity index (χ3v) is 5.66. The third-order valence-electron chi connectivity index (χ3n) is 5.43. The van der Waals surface area contributed by atoms with Crippen molar-refractivity contribution in [3.05, 3.63) is 59.1 Å². The van der Waals surface area contributed by atoms with E-state index >= 15 is 0 Å². The highest BCUT2D eigenvalue weighted by atomic mass is 35.5. The number of anilines is 2. The molecule has 1 aliphatic heterocycles. The van der Waals surface area contributed by atoms with Crippen LogP contribution in [0.4, 0.5) is 11.8 Å². The Morgan fingerprint density at radius 2 is 2.06 bits per heavy atom. The summed E-state index contributed by atoms with van der Waals surface area (Å²) in [5, 5.41) is 9.35. The summed E-state index contributed by atoms with van der Waals surface area (Å²) in [7, 11) is 0. The number of aryl methyl sites for hydroxylation is 1. The Labute approximate surface area is 185 Å². The van der Waals surface area contributed by atoms with Gasteiger partial charge < -0.3 is 15.8 Å². The number of fused-ring (bicyclic) bond motifs is 1. The lowest BCUT2D eigenvalue weighted by Gasteiger charge is -2.12. The van der Waals surface area contributed by atoms with E-state index in [1.807, 2.05) is 55.5 Å². The van der Waals surface area contributed by atoms with E-state index in [1.54, 1.807) is 4.68 Å². The SMILES string of the molecule is Cc1cccc(-n2nc3nc(NC[C@H]4CCCO4)nc(-c4cccc(Cl)c4)c3c2N)c1. The molecule has 3 N–H and O–H groups in total. The molecule has 3 heterocycles. The summed E-state index contributed by atoms with van der Waals surface area (Å²) >= 11 is 6.26. The van der Waals surface area contributed by atoms with Crippen LogP contribution in [-0.4, -0.2) is 39.0 Å². The molecule has 158 valence electrons. The maximum absolute atomic E-state index is 6.57. The summed E-state index contributed by atoms with van der Waals surface area (Å²) in [5.74, 6) is 0.980. The highest BCUT2D eigenvalue weighted by molar-refractivity contribution is 6.30. The lowest BCUT2D eigenvalue weighted by atomic mass is 10.1. The van der Waals surface area contributed by atoms with Crippen molar-refractivity contribution in [3.63, 3.8) is 0 Å². The zero-order valence-corrected chi connectivity index (χ0v) is 17.9. The van der Waals surface area contributed by atoms with E-state index in [0.29, 0.717) is 40.1 Å². The van der Waals surface area contributed by atoms with Gasteiger partial charge in [0, 0.05) is 23.7 Å². The minimum Gasteiger partial charge on any atom is -0.383 e. The fraction of sp³-hybridized carbons (Fsp3) is 0.261. The van der Waals surface area contributed by atoms with Crippen LogP contribution in [0.1, 0.15) is 18.4 Å². The summed E-state index contributed by atoms with van der Waals surface area (Å²) in [4.78, 5) is 9.44. The molecule has 0 amide bonds. The van der Waals surface area contributed by atoms with Gasteiger partial charge in [0.1, 0.15) is 5.82 Å². The van der Waals surface area contributed by atoms with Crippen molar-refractivity contribution >= 4 is 34.4 Å². The molecule has 0 unspecified atom stereocenters. The van der Waals surface area contributed by atoms with Gasteiger partial charge in [-0.25, -0.2) is 9.67 Å². The first kappa shape index (κ1) is 19.8. The zero-order valence-electron chi connectivity index (χ0n) is 17.2. The predicted molar refractivity (Wildman–Crippen MR) is 124 cm³/mol. The van der Waals surface area contributed by atoms with E-state index in [4.69, 9.17) is 32.2 Å². The quantitative estimate of drug-likeness (QED) is 0.476. The zero-order chi connectivity index (χ0) is 21.4. The molecule has 0 bridgehead atoms. The van der Waals surface area contributed by atoms with Crippen molar-refractivity contribution in [2.75, 3.05) is 24.2 Å². The number of nitrogens with zero attached hydrogens (tertiary/aromatic N) is 4. The number of rotatable bonds is 5. The molecular weight excluding hydrogens is 412 g/mol. The molecular formula is C23H23ClN6O. The Morgan fingerprint density at radius 1 is 1.19 bits per heavy atom. The summed E-state index contributed by atoms with van der Waals surface area (Å²) in [6, 6.07) is 15.6. The third kappa shape index (κ3) is 3.94. The highest BCUT2D eigenvalue weighted by Gasteiger charge is 2.21. The average molecular weight is 435 g/mol. The van der Waals surface area contributed by atoms with E-state index in [2.05, 4.69) is 10.3 Å². The largest absolute Gasteiger partial charge is 0.383 e. The van der Waals surface area contributed by atoms with Crippen LogP contribution in [0.5, 0.6) is 0 Å². The van der Waals surface area contributed by atoms with Gasteiger partial charge in [-0.3, -0.25) is 0 Å². The van der Waals surface area contributed by atoms with Crippen LogP contribution in [0.25, 0.3) is 28.0 Å². The van der Waals surface area contributed by atoms with E-state index in [-0.39, 0.29) is 6.10 Å². The molecule has 2 aromatic heterocycles. The molecule has 4 aromatic rings. The van der Waals surface area contributed by atoms with Gasteiger partial charge in [-0.1, -0.05) is 35.9 Å². The second-order valence-corrected chi connectivity index (χ2v) is 8.19. The number of hydrogen-bond acceptors (Lipinski definition) is 6. The first-order chi connectivity index (χ1) is 15.1. The van der Waals surface area contributed by atoms with Gasteiger partial charge in [0.05, 0.1) is 22.9 Å². The number of nitrogen functional groups attached to an aromatic ring is 1. The van der Waals surface area contributed by atoms with Crippen LogP contribution in [0.15, 0.2) is 48.5 Å². The standard InChI is InChI=1S/C23H23ClN6O/c1-14-5-2-8-17(11-14)30-21(25)19-20(15-6-3-7-16(24)12-15)27-23(28-22(19)29-30)26-13-18-9-4-10-31-18/h2-3,5-8,11-12,18H,4,9-10,13,25H2,1H3,(H,26,28,29)/t18-/m1/s1.